The molecule has 1 aromatic rings. The largest absolute Gasteiger partial charge is 0.329 e. The van der Waals surface area contributed by atoms with Gasteiger partial charge in [0.05, 0.1) is 6.54 Å². The van der Waals surface area contributed by atoms with Crippen LogP contribution in [0.25, 0.3) is 0 Å². The summed E-state index contributed by atoms with van der Waals surface area (Å²) in [5.74, 6) is -0.143. The van der Waals surface area contributed by atoms with Crippen molar-refractivity contribution in [2.75, 3.05) is 13.1 Å². The predicted molar refractivity (Wildman–Crippen MR) is 66.9 cm³/mol. The summed E-state index contributed by atoms with van der Waals surface area (Å²) in [6, 6.07) is 9.67. The highest BCUT2D eigenvalue weighted by atomic mass is 32.2. The minimum absolute atomic E-state index is 0.127. The Morgan fingerprint density at radius 2 is 2.06 bits per heavy atom. The second-order valence-electron chi connectivity index (χ2n) is 3.90. The maximum absolute atomic E-state index is 11.4. The van der Waals surface area contributed by atoms with E-state index in [1.807, 2.05) is 37.3 Å². The minimum atomic E-state index is -0.282. The zero-order valence-electron chi connectivity index (χ0n) is 9.55. The van der Waals surface area contributed by atoms with Gasteiger partial charge >= 0.3 is 6.03 Å². The molecule has 0 bridgehead atoms. The highest BCUT2D eigenvalue weighted by molar-refractivity contribution is 8.00. The summed E-state index contributed by atoms with van der Waals surface area (Å²) >= 11 is 1.66. The fraction of sp³-hybridized carbons (Fsp3) is 0.333. The van der Waals surface area contributed by atoms with Gasteiger partial charge in [-0.05, 0) is 12.1 Å². The fourth-order valence-corrected chi connectivity index (χ4v) is 2.67. The molecule has 1 aromatic carbocycles. The molecule has 2 rings (SSSR count). The van der Waals surface area contributed by atoms with Crippen molar-refractivity contribution in [2.24, 2.45) is 0 Å². The van der Waals surface area contributed by atoms with Crippen LogP contribution in [0.1, 0.15) is 6.92 Å². The summed E-state index contributed by atoms with van der Waals surface area (Å²) in [6.45, 7) is 2.59. The summed E-state index contributed by atoms with van der Waals surface area (Å²) in [5, 5.41) is 2.70. The number of rotatable bonds is 4. The lowest BCUT2D eigenvalue weighted by molar-refractivity contribution is -0.124. The Bertz CT molecular complexity index is 406. The number of amides is 3. The Morgan fingerprint density at radius 3 is 2.65 bits per heavy atom. The van der Waals surface area contributed by atoms with Crippen molar-refractivity contribution in [3.8, 4) is 0 Å². The molecule has 0 radical (unpaired) electrons. The van der Waals surface area contributed by atoms with E-state index in [-0.39, 0.29) is 23.7 Å². The maximum atomic E-state index is 11.4. The zero-order chi connectivity index (χ0) is 12.3. The molecule has 0 saturated carbocycles. The lowest BCUT2D eigenvalue weighted by Crippen LogP contribution is -2.35. The molecule has 90 valence electrons. The summed E-state index contributed by atoms with van der Waals surface area (Å²) in [4.78, 5) is 25.2. The highest BCUT2D eigenvalue weighted by Crippen LogP contribution is 2.23. The van der Waals surface area contributed by atoms with Gasteiger partial charge in [-0.15, -0.1) is 11.8 Å². The molecule has 0 spiro atoms. The van der Waals surface area contributed by atoms with Crippen LogP contribution in [0, 0.1) is 0 Å². The van der Waals surface area contributed by atoms with Crippen LogP contribution in [-0.2, 0) is 4.79 Å². The molecule has 0 aliphatic carbocycles. The van der Waals surface area contributed by atoms with Gasteiger partial charge in [0.1, 0.15) is 0 Å². The molecule has 1 atom stereocenters. The monoisotopic (exact) mass is 250 g/mol. The molecular weight excluding hydrogens is 236 g/mol. The molecule has 0 aromatic heterocycles. The first-order valence-electron chi connectivity index (χ1n) is 5.46. The van der Waals surface area contributed by atoms with Gasteiger partial charge in [0.25, 0.3) is 0 Å². The number of carbonyl (C=O) groups excluding carboxylic acids is 2. The van der Waals surface area contributed by atoms with Crippen molar-refractivity contribution in [1.29, 1.82) is 0 Å². The first-order chi connectivity index (χ1) is 8.16. The van der Waals surface area contributed by atoms with Crippen molar-refractivity contribution in [3.05, 3.63) is 30.3 Å². The molecule has 3 amide bonds. The van der Waals surface area contributed by atoms with E-state index < -0.39 is 0 Å². The van der Waals surface area contributed by atoms with Gasteiger partial charge in [-0.3, -0.25) is 9.69 Å². The van der Waals surface area contributed by atoms with Crippen LogP contribution in [-0.4, -0.2) is 35.2 Å². The Hall–Kier alpha value is -1.49. The van der Waals surface area contributed by atoms with E-state index in [0.29, 0.717) is 6.54 Å². The maximum Gasteiger partial charge on any atom is 0.324 e. The number of nitrogens with zero attached hydrogens (tertiary/aromatic N) is 1. The first-order valence-corrected chi connectivity index (χ1v) is 6.34. The quantitative estimate of drug-likeness (QED) is 0.654. The van der Waals surface area contributed by atoms with E-state index in [4.69, 9.17) is 0 Å². The van der Waals surface area contributed by atoms with Crippen LogP contribution >= 0.6 is 11.8 Å². The number of hydrogen-bond donors (Lipinski definition) is 1. The third kappa shape index (κ3) is 3.00. The minimum Gasteiger partial charge on any atom is -0.329 e. The molecule has 1 aliphatic heterocycles. The van der Waals surface area contributed by atoms with Crippen molar-refractivity contribution in [2.45, 2.75) is 17.1 Å². The molecule has 1 heterocycles. The topological polar surface area (TPSA) is 49.4 Å². The van der Waals surface area contributed by atoms with E-state index in [1.54, 1.807) is 11.8 Å². The van der Waals surface area contributed by atoms with Crippen LogP contribution < -0.4 is 5.32 Å². The van der Waals surface area contributed by atoms with Gasteiger partial charge in [-0.2, -0.15) is 0 Å². The zero-order valence-corrected chi connectivity index (χ0v) is 10.4. The van der Waals surface area contributed by atoms with Crippen LogP contribution in [0.4, 0.5) is 4.79 Å². The van der Waals surface area contributed by atoms with Gasteiger partial charge < -0.3 is 5.32 Å². The number of benzene rings is 1. The van der Waals surface area contributed by atoms with Crippen molar-refractivity contribution in [3.63, 3.8) is 0 Å². The second kappa shape index (κ2) is 5.23. The first kappa shape index (κ1) is 12.0. The normalized spacial score (nSPS) is 17.1. The number of urea groups is 1. The second-order valence-corrected chi connectivity index (χ2v) is 5.42. The fourth-order valence-electron chi connectivity index (χ4n) is 1.67. The van der Waals surface area contributed by atoms with Crippen LogP contribution in [0.15, 0.2) is 35.2 Å². The Kier molecular flexibility index (Phi) is 3.68. The average molecular weight is 250 g/mol. The highest BCUT2D eigenvalue weighted by Gasteiger charge is 2.29. The number of thioether (sulfide) groups is 1. The number of carbonyl (C=O) groups is 2. The van der Waals surface area contributed by atoms with Crippen molar-refractivity contribution in [1.82, 2.24) is 10.2 Å². The summed E-state index contributed by atoms with van der Waals surface area (Å²) < 4.78 is 0. The molecular formula is C12H14N2O2S. The molecule has 1 fully saturated rings. The van der Waals surface area contributed by atoms with Crippen LogP contribution in [0.5, 0.6) is 0 Å². The SMILES string of the molecule is CC(CN1C(=O)CNC1=O)Sc1ccccc1. The van der Waals surface area contributed by atoms with E-state index in [0.717, 1.165) is 4.90 Å². The lowest BCUT2D eigenvalue weighted by Gasteiger charge is -2.17. The molecule has 5 heteroatoms. The van der Waals surface area contributed by atoms with E-state index in [9.17, 15) is 9.59 Å². The number of hydrogen-bond acceptors (Lipinski definition) is 3. The number of nitrogens with one attached hydrogen (secondary N) is 1. The molecule has 1 saturated heterocycles. The van der Waals surface area contributed by atoms with Gasteiger partial charge in [0, 0.05) is 16.7 Å². The van der Waals surface area contributed by atoms with Crippen molar-refractivity contribution >= 4 is 23.7 Å². The summed E-state index contributed by atoms with van der Waals surface area (Å²) in [6.07, 6.45) is 0. The summed E-state index contributed by atoms with van der Waals surface area (Å²) in [5.41, 5.74) is 0. The number of imide groups is 1. The third-order valence-electron chi connectivity index (χ3n) is 2.46. The predicted octanol–water partition coefficient (Wildman–Crippen LogP) is 1.72. The molecule has 1 N–H and O–H groups in total. The van der Waals surface area contributed by atoms with Gasteiger partial charge in [-0.25, -0.2) is 4.79 Å². The van der Waals surface area contributed by atoms with E-state index in [2.05, 4.69) is 5.32 Å². The molecule has 1 unspecified atom stereocenters. The van der Waals surface area contributed by atoms with Crippen LogP contribution in [0.3, 0.4) is 0 Å². The smallest absolute Gasteiger partial charge is 0.324 e. The molecule has 1 aliphatic rings. The van der Waals surface area contributed by atoms with Crippen LogP contribution in [0.2, 0.25) is 0 Å². The van der Waals surface area contributed by atoms with Gasteiger partial charge in [-0.1, -0.05) is 25.1 Å². The Morgan fingerprint density at radius 1 is 1.35 bits per heavy atom. The van der Waals surface area contributed by atoms with Gasteiger partial charge in [0.2, 0.25) is 5.91 Å². The van der Waals surface area contributed by atoms with E-state index >= 15 is 0 Å². The standard InChI is InChI=1S/C12H14N2O2S/c1-9(17-10-5-3-2-4-6-10)8-14-11(15)7-13-12(14)16/h2-6,9H,7-8H2,1H3,(H,13,16). The lowest BCUT2D eigenvalue weighted by atomic mass is 10.4. The average Bonchev–Trinajstić information content (AvgIpc) is 2.62. The summed E-state index contributed by atoms with van der Waals surface area (Å²) in [7, 11) is 0. The molecule has 4 nitrogen and oxygen atoms in total. The van der Waals surface area contributed by atoms with E-state index in [1.165, 1.54) is 4.90 Å². The third-order valence-corrected chi connectivity index (χ3v) is 3.55. The Labute approximate surface area is 104 Å². The van der Waals surface area contributed by atoms with Gasteiger partial charge in [0.15, 0.2) is 0 Å². The Balaban J connectivity index is 1.91. The molecule has 17 heavy (non-hydrogen) atoms. The van der Waals surface area contributed by atoms with Crippen molar-refractivity contribution < 1.29 is 9.59 Å².